The van der Waals surface area contributed by atoms with Crippen LogP contribution in [0.4, 0.5) is 5.69 Å². The van der Waals surface area contributed by atoms with Crippen LogP contribution in [0, 0.1) is 0 Å². The average Bonchev–Trinajstić information content (AvgIpc) is 2.78. The van der Waals surface area contributed by atoms with E-state index in [-0.39, 0.29) is 19.4 Å². The van der Waals surface area contributed by atoms with Gasteiger partial charge in [0.05, 0.1) is 23.9 Å². The Labute approximate surface area is 216 Å². The van der Waals surface area contributed by atoms with E-state index in [4.69, 9.17) is 10.2 Å². The zero-order chi connectivity index (χ0) is 28.1. The van der Waals surface area contributed by atoms with E-state index in [2.05, 4.69) is 33.0 Å². The molecule has 3 atom stereocenters. The number of hydrogen-bond acceptors (Lipinski definition) is 10. The minimum absolute atomic E-state index is 0.147. The van der Waals surface area contributed by atoms with Crippen LogP contribution in [0.2, 0.25) is 0 Å². The molecule has 0 aliphatic heterocycles. The van der Waals surface area contributed by atoms with Gasteiger partial charge in [-0.2, -0.15) is 4.99 Å². The number of carboxylic acid groups (broad SMARTS) is 5. The van der Waals surface area contributed by atoms with Crippen molar-refractivity contribution in [3.8, 4) is 0 Å². The number of aliphatic imine (C=N–C) groups is 1. The molecule has 7 N–H and O–H groups in total. The molecule has 37 heavy (non-hydrogen) atoms. The fourth-order valence-corrected chi connectivity index (χ4v) is 3.63. The second-order valence-electron chi connectivity index (χ2n) is 8.13. The molecule has 0 heterocycles. The molecule has 0 amide bonds. The molecule has 0 aliphatic rings. The molecule has 0 bridgehead atoms. The highest BCUT2D eigenvalue weighted by Gasteiger charge is 2.30. The molecule has 0 saturated carbocycles. The van der Waals surface area contributed by atoms with Gasteiger partial charge in [0.15, 0.2) is 0 Å². The summed E-state index contributed by atoms with van der Waals surface area (Å²) >= 11 is 4.56. The van der Waals surface area contributed by atoms with Gasteiger partial charge in [-0.3, -0.25) is 24.6 Å². The SMILES string of the molecule is CC(CC(NCC(Cc1ccc(N=C=S)cc1)N(CC(=O)O)CC(=O)O)C(=O)O)NC(C(=O)O)C(=O)O. The minimum Gasteiger partial charge on any atom is -0.480 e. The first-order valence-corrected chi connectivity index (χ1v) is 11.3. The van der Waals surface area contributed by atoms with Crippen molar-refractivity contribution >= 4 is 52.9 Å². The molecule has 0 fully saturated rings. The summed E-state index contributed by atoms with van der Waals surface area (Å²) < 4.78 is 0. The first kappa shape index (κ1) is 31.3. The van der Waals surface area contributed by atoms with Crippen molar-refractivity contribution in [2.75, 3.05) is 19.6 Å². The zero-order valence-electron chi connectivity index (χ0n) is 19.7. The number of aliphatic carboxylic acids is 5. The van der Waals surface area contributed by atoms with E-state index in [0.29, 0.717) is 11.3 Å². The summed E-state index contributed by atoms with van der Waals surface area (Å²) in [5.74, 6) is -7.16. The van der Waals surface area contributed by atoms with Crippen LogP contribution in [0.25, 0.3) is 0 Å². The molecule has 1 aromatic carbocycles. The van der Waals surface area contributed by atoms with E-state index in [0.717, 1.165) is 0 Å². The monoisotopic (exact) mass is 540 g/mol. The number of rotatable bonds is 18. The van der Waals surface area contributed by atoms with Crippen LogP contribution < -0.4 is 10.6 Å². The van der Waals surface area contributed by atoms with Crippen molar-refractivity contribution in [2.24, 2.45) is 4.99 Å². The highest BCUT2D eigenvalue weighted by atomic mass is 32.1. The fourth-order valence-electron chi connectivity index (χ4n) is 3.53. The predicted octanol–water partition coefficient (Wildman–Crippen LogP) is -0.248. The topological polar surface area (TPSA) is 226 Å². The maximum absolute atomic E-state index is 11.8. The van der Waals surface area contributed by atoms with Gasteiger partial charge in [0, 0.05) is 18.6 Å². The Morgan fingerprint density at radius 3 is 1.92 bits per heavy atom. The minimum atomic E-state index is -1.94. The Morgan fingerprint density at radius 2 is 1.49 bits per heavy atom. The van der Waals surface area contributed by atoms with Gasteiger partial charge in [-0.25, -0.2) is 9.59 Å². The van der Waals surface area contributed by atoms with Gasteiger partial charge in [-0.05, 0) is 49.7 Å². The van der Waals surface area contributed by atoms with E-state index in [9.17, 15) is 39.3 Å². The lowest BCUT2D eigenvalue weighted by molar-refractivity contribution is -0.151. The maximum atomic E-state index is 11.8. The molecular weight excluding hydrogens is 512 g/mol. The summed E-state index contributed by atoms with van der Waals surface area (Å²) in [4.78, 5) is 61.8. The van der Waals surface area contributed by atoms with Gasteiger partial charge in [0.1, 0.15) is 6.04 Å². The molecule has 15 heteroatoms. The van der Waals surface area contributed by atoms with Crippen LogP contribution >= 0.6 is 12.2 Å². The van der Waals surface area contributed by atoms with Crippen LogP contribution in [0.3, 0.4) is 0 Å². The average molecular weight is 541 g/mol. The second kappa shape index (κ2) is 15.4. The molecular formula is C22H28N4O10S. The number of carbonyl (C=O) groups is 5. The van der Waals surface area contributed by atoms with Crippen LogP contribution in [0.5, 0.6) is 0 Å². The standard InChI is InChI=1S/C22H28N4O10S/c1-12(25-19(21(33)34)22(35)36)6-16(20(31)32)23-8-15(26(9-17(27)28)10-18(29)30)7-13-2-4-14(5-3-13)24-11-37/h2-5,12,15-16,19,23,25H,6-10H2,1H3,(H,27,28)(H,29,30)(H,31,32)(H,33,34)(H,35,36). The lowest BCUT2D eigenvalue weighted by Crippen LogP contribution is -2.53. The summed E-state index contributed by atoms with van der Waals surface area (Å²) in [7, 11) is 0. The lowest BCUT2D eigenvalue weighted by Gasteiger charge is -2.31. The van der Waals surface area contributed by atoms with Crippen molar-refractivity contribution in [1.29, 1.82) is 0 Å². The molecule has 0 radical (unpaired) electrons. The third kappa shape index (κ3) is 11.7. The van der Waals surface area contributed by atoms with Crippen molar-refractivity contribution in [3.05, 3.63) is 29.8 Å². The number of hydrogen-bond donors (Lipinski definition) is 7. The highest BCUT2D eigenvalue weighted by molar-refractivity contribution is 7.78. The number of benzene rings is 1. The summed E-state index contributed by atoms with van der Waals surface area (Å²) in [6, 6.07) is 1.76. The van der Waals surface area contributed by atoms with Crippen LogP contribution in [-0.4, -0.2) is 109 Å². The Hall–Kier alpha value is -3.75. The summed E-state index contributed by atoms with van der Waals surface area (Å²) in [6.07, 6.45) is -0.0728. The number of nitrogens with one attached hydrogen (secondary N) is 2. The summed E-state index contributed by atoms with van der Waals surface area (Å²) in [6.45, 7) is 0.0197. The fraction of sp³-hybridized carbons (Fsp3) is 0.455. The molecule has 0 saturated heterocycles. The first-order chi connectivity index (χ1) is 17.3. The van der Waals surface area contributed by atoms with E-state index < -0.39 is 67.1 Å². The summed E-state index contributed by atoms with van der Waals surface area (Å²) in [5.41, 5.74) is 1.21. The molecule has 1 rings (SSSR count). The van der Waals surface area contributed by atoms with E-state index >= 15 is 0 Å². The maximum Gasteiger partial charge on any atom is 0.332 e. The number of nitrogens with zero attached hydrogens (tertiary/aromatic N) is 2. The van der Waals surface area contributed by atoms with Crippen LogP contribution in [-0.2, 0) is 30.4 Å². The van der Waals surface area contributed by atoms with Crippen molar-refractivity contribution in [1.82, 2.24) is 15.5 Å². The van der Waals surface area contributed by atoms with Gasteiger partial charge in [0.25, 0.3) is 0 Å². The van der Waals surface area contributed by atoms with Crippen LogP contribution in [0.1, 0.15) is 18.9 Å². The van der Waals surface area contributed by atoms with E-state index in [1.54, 1.807) is 24.3 Å². The van der Waals surface area contributed by atoms with Gasteiger partial charge in [-0.1, -0.05) is 12.1 Å². The largest absolute Gasteiger partial charge is 0.480 e. The van der Waals surface area contributed by atoms with E-state index in [1.807, 2.05) is 0 Å². The zero-order valence-corrected chi connectivity index (χ0v) is 20.6. The highest BCUT2D eigenvalue weighted by Crippen LogP contribution is 2.16. The molecule has 0 aliphatic carbocycles. The van der Waals surface area contributed by atoms with E-state index in [1.165, 1.54) is 11.8 Å². The first-order valence-electron chi connectivity index (χ1n) is 10.9. The normalized spacial score (nSPS) is 13.4. The number of thiocarbonyl (C=S) groups is 1. The van der Waals surface area contributed by atoms with Gasteiger partial charge < -0.3 is 30.8 Å². The number of isothiocyanates is 1. The molecule has 0 aromatic heterocycles. The van der Waals surface area contributed by atoms with Crippen LogP contribution in [0.15, 0.2) is 29.3 Å². The molecule has 3 unspecified atom stereocenters. The van der Waals surface area contributed by atoms with Crippen molar-refractivity contribution < 1.29 is 49.5 Å². The Balaban J connectivity index is 3.10. The molecule has 1 aromatic rings. The lowest BCUT2D eigenvalue weighted by atomic mass is 10.0. The molecule has 0 spiro atoms. The molecule has 14 nitrogen and oxygen atoms in total. The van der Waals surface area contributed by atoms with Crippen molar-refractivity contribution in [3.63, 3.8) is 0 Å². The third-order valence-corrected chi connectivity index (χ3v) is 5.30. The Morgan fingerprint density at radius 1 is 0.946 bits per heavy atom. The van der Waals surface area contributed by atoms with Crippen molar-refractivity contribution in [2.45, 2.75) is 43.9 Å². The second-order valence-corrected chi connectivity index (χ2v) is 8.31. The molecule has 202 valence electrons. The van der Waals surface area contributed by atoms with Gasteiger partial charge >= 0.3 is 29.8 Å². The van der Waals surface area contributed by atoms with Gasteiger partial charge in [-0.15, -0.1) is 0 Å². The predicted molar refractivity (Wildman–Crippen MR) is 131 cm³/mol. The Kier molecular flexibility index (Phi) is 13.0. The Bertz CT molecular complexity index is 999. The third-order valence-electron chi connectivity index (χ3n) is 5.21. The number of carboxylic acids is 5. The summed E-state index contributed by atoms with van der Waals surface area (Å²) in [5, 5.41) is 53.5. The van der Waals surface area contributed by atoms with Gasteiger partial charge in [0.2, 0.25) is 6.04 Å². The quantitative estimate of drug-likeness (QED) is 0.0724. The smallest absolute Gasteiger partial charge is 0.332 e.